The number of ether oxygens (including phenoxy) is 2. The summed E-state index contributed by atoms with van der Waals surface area (Å²) in [6.45, 7) is 4.01. The summed E-state index contributed by atoms with van der Waals surface area (Å²) in [5, 5.41) is 24.7. The molecule has 2 aromatic rings. The first-order chi connectivity index (χ1) is 16.1. The zero-order chi connectivity index (χ0) is 25.3. The van der Waals surface area contributed by atoms with Crippen LogP contribution in [0.4, 0.5) is 28.4 Å². The van der Waals surface area contributed by atoms with Crippen LogP contribution in [0, 0.1) is 10.1 Å². The summed E-state index contributed by atoms with van der Waals surface area (Å²) < 4.78 is 9.88. The second-order valence-electron chi connectivity index (χ2n) is 6.76. The van der Waals surface area contributed by atoms with E-state index < -0.39 is 23.2 Å². The molecule has 180 valence electrons. The molecule has 0 aromatic heterocycles. The standard InChI is InChI=1S/C21H22ClN5O7/c1-4-20(30)24-19-9-14(23-11-21(33-12(2)28)34-13(3)29)5-7-18(19)26-25-17-8-6-15(27(31)32)10-16(17)22/h5-10,21,23H,4,11H2,1-3H3,(H,24,30). The Morgan fingerprint density at radius 3 is 2.24 bits per heavy atom. The van der Waals surface area contributed by atoms with Crippen molar-refractivity contribution in [1.29, 1.82) is 0 Å². The van der Waals surface area contributed by atoms with Crippen LogP contribution < -0.4 is 10.6 Å². The molecule has 0 heterocycles. The molecule has 2 rings (SSSR count). The van der Waals surface area contributed by atoms with Crippen molar-refractivity contribution < 1.29 is 28.8 Å². The highest BCUT2D eigenvalue weighted by molar-refractivity contribution is 6.33. The zero-order valence-corrected chi connectivity index (χ0v) is 19.3. The van der Waals surface area contributed by atoms with E-state index >= 15 is 0 Å². The number of nitro groups is 1. The number of nitrogens with zero attached hydrogens (tertiary/aromatic N) is 3. The topological polar surface area (TPSA) is 162 Å². The molecule has 0 aliphatic carbocycles. The van der Waals surface area contributed by atoms with Gasteiger partial charge in [0.1, 0.15) is 11.4 Å². The van der Waals surface area contributed by atoms with E-state index in [4.69, 9.17) is 21.1 Å². The van der Waals surface area contributed by atoms with Crippen LogP contribution in [0.15, 0.2) is 46.6 Å². The number of halogens is 1. The quantitative estimate of drug-likeness (QED) is 0.156. The fourth-order valence-corrected chi connectivity index (χ4v) is 2.76. The predicted molar refractivity (Wildman–Crippen MR) is 123 cm³/mol. The van der Waals surface area contributed by atoms with Crippen LogP contribution in [0.3, 0.4) is 0 Å². The Balaban J connectivity index is 2.27. The van der Waals surface area contributed by atoms with Crippen molar-refractivity contribution in [2.24, 2.45) is 10.2 Å². The average molecular weight is 492 g/mol. The number of amides is 1. The van der Waals surface area contributed by atoms with Gasteiger partial charge in [0, 0.05) is 38.1 Å². The Labute approximate surface area is 199 Å². The minimum absolute atomic E-state index is 0.0392. The van der Waals surface area contributed by atoms with Gasteiger partial charge in [-0.15, -0.1) is 10.2 Å². The molecule has 0 unspecified atom stereocenters. The Kier molecular flexibility index (Phi) is 9.44. The van der Waals surface area contributed by atoms with Crippen LogP contribution in [-0.2, 0) is 23.9 Å². The van der Waals surface area contributed by atoms with Crippen molar-refractivity contribution in [2.45, 2.75) is 33.5 Å². The second-order valence-corrected chi connectivity index (χ2v) is 7.16. The van der Waals surface area contributed by atoms with Gasteiger partial charge in [-0.05, 0) is 24.3 Å². The average Bonchev–Trinajstić information content (AvgIpc) is 2.76. The second kappa shape index (κ2) is 12.3. The van der Waals surface area contributed by atoms with Gasteiger partial charge in [0.15, 0.2) is 0 Å². The van der Waals surface area contributed by atoms with Crippen molar-refractivity contribution in [2.75, 3.05) is 17.2 Å². The molecule has 2 aromatic carbocycles. The first kappa shape index (κ1) is 26.2. The van der Waals surface area contributed by atoms with Gasteiger partial charge in [-0.25, -0.2) is 0 Å². The first-order valence-corrected chi connectivity index (χ1v) is 10.3. The number of rotatable bonds is 10. The highest BCUT2D eigenvalue weighted by atomic mass is 35.5. The first-order valence-electron chi connectivity index (χ1n) is 9.97. The van der Waals surface area contributed by atoms with Crippen LogP contribution in [0.5, 0.6) is 0 Å². The third kappa shape index (κ3) is 8.13. The maximum atomic E-state index is 12.0. The molecule has 0 fully saturated rings. The van der Waals surface area contributed by atoms with E-state index in [9.17, 15) is 24.5 Å². The lowest BCUT2D eigenvalue weighted by Crippen LogP contribution is -2.29. The molecule has 13 heteroatoms. The zero-order valence-electron chi connectivity index (χ0n) is 18.5. The number of carbonyl (C=O) groups excluding carboxylic acids is 3. The summed E-state index contributed by atoms with van der Waals surface area (Å²) in [6.07, 6.45) is -0.934. The molecule has 2 N–H and O–H groups in total. The molecule has 0 aliphatic heterocycles. The maximum Gasteiger partial charge on any atom is 0.305 e. The molecule has 1 amide bonds. The predicted octanol–water partition coefficient (Wildman–Crippen LogP) is 4.88. The lowest BCUT2D eigenvalue weighted by molar-refractivity contribution is -0.384. The van der Waals surface area contributed by atoms with Gasteiger partial charge in [0.2, 0.25) is 5.91 Å². The lowest BCUT2D eigenvalue weighted by atomic mass is 10.2. The van der Waals surface area contributed by atoms with E-state index in [-0.39, 0.29) is 35.3 Å². The number of esters is 2. The van der Waals surface area contributed by atoms with Gasteiger partial charge in [0.05, 0.1) is 22.2 Å². The smallest absolute Gasteiger partial charge is 0.305 e. The van der Waals surface area contributed by atoms with Crippen LogP contribution in [0.1, 0.15) is 27.2 Å². The van der Waals surface area contributed by atoms with E-state index in [0.717, 1.165) is 6.07 Å². The van der Waals surface area contributed by atoms with Gasteiger partial charge in [-0.2, -0.15) is 0 Å². The third-order valence-corrected chi connectivity index (χ3v) is 4.37. The highest BCUT2D eigenvalue weighted by Crippen LogP contribution is 2.33. The van der Waals surface area contributed by atoms with Crippen LogP contribution in [0.25, 0.3) is 0 Å². The number of carbonyl (C=O) groups is 3. The number of hydrogen-bond acceptors (Lipinski definition) is 10. The minimum Gasteiger partial charge on any atom is -0.423 e. The third-order valence-electron chi connectivity index (χ3n) is 4.07. The summed E-state index contributed by atoms with van der Waals surface area (Å²) in [4.78, 5) is 44.7. The normalized spacial score (nSPS) is 10.7. The summed E-state index contributed by atoms with van der Waals surface area (Å²) in [6, 6.07) is 8.50. The molecule has 12 nitrogen and oxygen atoms in total. The fraction of sp³-hybridized carbons (Fsp3) is 0.286. The van der Waals surface area contributed by atoms with Crippen LogP contribution in [0.2, 0.25) is 5.02 Å². The van der Waals surface area contributed by atoms with Crippen LogP contribution >= 0.6 is 11.6 Å². The van der Waals surface area contributed by atoms with Crippen molar-refractivity contribution in [1.82, 2.24) is 0 Å². The maximum absolute atomic E-state index is 12.0. The summed E-state index contributed by atoms with van der Waals surface area (Å²) in [5.74, 6) is -1.52. The van der Waals surface area contributed by atoms with Crippen molar-refractivity contribution in [3.63, 3.8) is 0 Å². The number of anilines is 2. The molecule has 0 aliphatic rings. The molecule has 0 spiro atoms. The molecule has 34 heavy (non-hydrogen) atoms. The Bertz CT molecular complexity index is 1110. The van der Waals surface area contributed by atoms with E-state index in [1.807, 2.05) is 0 Å². The summed E-state index contributed by atoms with van der Waals surface area (Å²) in [7, 11) is 0. The number of hydrogen-bond donors (Lipinski definition) is 2. The molecule has 0 atom stereocenters. The van der Waals surface area contributed by atoms with Gasteiger partial charge in [-0.3, -0.25) is 24.5 Å². The van der Waals surface area contributed by atoms with E-state index in [1.165, 1.54) is 26.0 Å². The number of benzene rings is 2. The largest absolute Gasteiger partial charge is 0.423 e. The van der Waals surface area contributed by atoms with E-state index in [1.54, 1.807) is 25.1 Å². The Hall–Kier alpha value is -4.06. The molecule has 0 saturated heterocycles. The number of non-ortho nitro benzene ring substituents is 1. The van der Waals surface area contributed by atoms with Crippen molar-refractivity contribution in [3.8, 4) is 0 Å². The monoisotopic (exact) mass is 491 g/mol. The van der Waals surface area contributed by atoms with Gasteiger partial charge < -0.3 is 20.1 Å². The summed E-state index contributed by atoms with van der Waals surface area (Å²) in [5.41, 5.74) is 1.13. The van der Waals surface area contributed by atoms with Crippen LogP contribution in [-0.4, -0.2) is 35.6 Å². The highest BCUT2D eigenvalue weighted by Gasteiger charge is 2.16. The number of azo groups is 1. The van der Waals surface area contributed by atoms with Gasteiger partial charge >= 0.3 is 11.9 Å². The Morgan fingerprint density at radius 1 is 1.06 bits per heavy atom. The Morgan fingerprint density at radius 2 is 1.68 bits per heavy atom. The molecule has 0 radical (unpaired) electrons. The van der Waals surface area contributed by atoms with E-state index in [0.29, 0.717) is 17.1 Å². The molecular weight excluding hydrogens is 470 g/mol. The van der Waals surface area contributed by atoms with Gasteiger partial charge in [0.25, 0.3) is 12.0 Å². The lowest BCUT2D eigenvalue weighted by Gasteiger charge is -2.18. The fourth-order valence-electron chi connectivity index (χ4n) is 2.55. The van der Waals surface area contributed by atoms with Crippen molar-refractivity contribution >= 4 is 57.9 Å². The molecular formula is C21H22ClN5O7. The van der Waals surface area contributed by atoms with E-state index in [2.05, 4.69) is 20.9 Å². The number of nitro benzene ring substituents is 1. The SMILES string of the molecule is CCC(=O)Nc1cc(NCC(OC(C)=O)OC(C)=O)ccc1N=Nc1ccc([N+](=O)[O-])cc1Cl. The minimum atomic E-state index is -1.15. The molecule has 0 saturated carbocycles. The van der Waals surface area contributed by atoms with Crippen molar-refractivity contribution in [3.05, 3.63) is 51.5 Å². The summed E-state index contributed by atoms with van der Waals surface area (Å²) >= 11 is 6.04. The molecule has 0 bridgehead atoms. The van der Waals surface area contributed by atoms with Gasteiger partial charge in [-0.1, -0.05) is 18.5 Å². The number of nitrogens with one attached hydrogen (secondary N) is 2.